The number of hydrogen-bond donors (Lipinski definition) is 1. The molecule has 1 aliphatic rings. The molecule has 1 aliphatic heterocycles. The van der Waals surface area contributed by atoms with Crippen LogP contribution in [0.2, 0.25) is 0 Å². The molecular weight excluding hydrogens is 212 g/mol. The lowest BCUT2D eigenvalue weighted by atomic mass is 10.1. The summed E-state index contributed by atoms with van der Waals surface area (Å²) in [5.74, 6) is 0.193. The summed E-state index contributed by atoms with van der Waals surface area (Å²) in [6.07, 6.45) is 1.90. The molecule has 1 atom stereocenters. The number of nitrogens with zero attached hydrogens (tertiary/aromatic N) is 1. The minimum atomic E-state index is -0.0126. The van der Waals surface area contributed by atoms with Crippen LogP contribution in [0.25, 0.3) is 0 Å². The van der Waals surface area contributed by atoms with Crippen molar-refractivity contribution >= 4 is 11.6 Å². The van der Waals surface area contributed by atoms with Gasteiger partial charge in [0.1, 0.15) is 0 Å². The number of carbonyl (C=O) groups is 1. The van der Waals surface area contributed by atoms with Gasteiger partial charge in [0.15, 0.2) is 0 Å². The molecule has 2 rings (SSSR count). The molecule has 1 fully saturated rings. The van der Waals surface area contributed by atoms with Crippen molar-refractivity contribution in [2.75, 3.05) is 18.5 Å². The zero-order chi connectivity index (χ0) is 12.4. The number of benzene rings is 1. The van der Waals surface area contributed by atoms with E-state index in [1.54, 1.807) is 0 Å². The lowest BCUT2D eigenvalue weighted by Gasteiger charge is -2.18. The van der Waals surface area contributed by atoms with E-state index in [9.17, 15) is 4.79 Å². The fourth-order valence-corrected chi connectivity index (χ4v) is 2.41. The van der Waals surface area contributed by atoms with Crippen LogP contribution < -0.4 is 10.2 Å². The lowest BCUT2D eigenvalue weighted by Crippen LogP contribution is -2.36. The van der Waals surface area contributed by atoms with Gasteiger partial charge in [0.2, 0.25) is 5.91 Å². The molecule has 0 spiro atoms. The summed E-state index contributed by atoms with van der Waals surface area (Å²) < 4.78 is 0. The summed E-state index contributed by atoms with van der Waals surface area (Å²) in [5, 5.41) is 3.06. The third-order valence-corrected chi connectivity index (χ3v) is 3.58. The van der Waals surface area contributed by atoms with E-state index in [2.05, 4.69) is 31.3 Å². The number of rotatable bonds is 3. The number of likely N-dealkylation sites (N-methyl/N-ethyl adjacent to an activating group) is 1. The Kier molecular flexibility index (Phi) is 3.48. The molecule has 92 valence electrons. The summed E-state index contributed by atoms with van der Waals surface area (Å²) >= 11 is 0. The Balaban J connectivity index is 2.26. The van der Waals surface area contributed by atoms with Crippen molar-refractivity contribution in [1.82, 2.24) is 5.32 Å². The topological polar surface area (TPSA) is 32.3 Å². The number of aryl methyl sites for hydroxylation is 2. The van der Waals surface area contributed by atoms with E-state index < -0.39 is 0 Å². The largest absolute Gasteiger partial charge is 0.311 e. The monoisotopic (exact) mass is 232 g/mol. The molecule has 1 aromatic rings. The third kappa shape index (κ3) is 2.20. The van der Waals surface area contributed by atoms with Gasteiger partial charge in [-0.05, 0) is 50.1 Å². The van der Waals surface area contributed by atoms with Gasteiger partial charge in [-0.2, -0.15) is 0 Å². The number of amides is 1. The fourth-order valence-electron chi connectivity index (χ4n) is 2.41. The highest BCUT2D eigenvalue weighted by molar-refractivity contribution is 5.99. The van der Waals surface area contributed by atoms with E-state index in [-0.39, 0.29) is 11.9 Å². The maximum absolute atomic E-state index is 12.1. The predicted octanol–water partition coefficient (Wildman–Crippen LogP) is 1.88. The summed E-state index contributed by atoms with van der Waals surface area (Å²) in [6.45, 7) is 5.08. The molecular formula is C14H20N2O. The summed E-state index contributed by atoms with van der Waals surface area (Å²) in [4.78, 5) is 14.0. The van der Waals surface area contributed by atoms with E-state index in [1.807, 2.05) is 18.0 Å². The van der Waals surface area contributed by atoms with E-state index in [4.69, 9.17) is 0 Å². The quantitative estimate of drug-likeness (QED) is 0.863. The Bertz CT molecular complexity index is 428. The van der Waals surface area contributed by atoms with Gasteiger partial charge in [0.05, 0.1) is 6.04 Å². The van der Waals surface area contributed by atoms with Crippen molar-refractivity contribution in [3.63, 3.8) is 0 Å². The van der Waals surface area contributed by atoms with Crippen LogP contribution in [-0.2, 0) is 11.2 Å². The van der Waals surface area contributed by atoms with Gasteiger partial charge < -0.3 is 10.2 Å². The third-order valence-electron chi connectivity index (χ3n) is 3.58. The van der Waals surface area contributed by atoms with Crippen molar-refractivity contribution in [3.8, 4) is 0 Å². The van der Waals surface area contributed by atoms with Crippen molar-refractivity contribution < 1.29 is 4.79 Å². The molecule has 0 radical (unpaired) electrons. The van der Waals surface area contributed by atoms with Gasteiger partial charge >= 0.3 is 0 Å². The van der Waals surface area contributed by atoms with Crippen LogP contribution in [0.5, 0.6) is 0 Å². The molecule has 1 heterocycles. The van der Waals surface area contributed by atoms with Crippen LogP contribution in [0.15, 0.2) is 18.2 Å². The van der Waals surface area contributed by atoms with Gasteiger partial charge in [0.25, 0.3) is 0 Å². The number of carbonyl (C=O) groups excluding carboxylic acids is 1. The lowest BCUT2D eigenvalue weighted by molar-refractivity contribution is -0.118. The molecule has 1 unspecified atom stereocenters. The first-order chi connectivity index (χ1) is 8.17. The van der Waals surface area contributed by atoms with Gasteiger partial charge in [0, 0.05) is 12.2 Å². The molecule has 3 heteroatoms. The second kappa shape index (κ2) is 4.88. The Morgan fingerprint density at radius 2 is 2.24 bits per heavy atom. The standard InChI is InChI=1S/C14H20N2O/c1-4-11-9-12(6-5-10(11)2)16-8-7-13(15-3)14(16)17/h5-6,9,13,15H,4,7-8H2,1-3H3. The zero-order valence-electron chi connectivity index (χ0n) is 10.8. The summed E-state index contributed by atoms with van der Waals surface area (Å²) in [6, 6.07) is 6.28. The van der Waals surface area contributed by atoms with Gasteiger partial charge in [-0.25, -0.2) is 0 Å². The van der Waals surface area contributed by atoms with E-state index in [0.717, 1.165) is 25.1 Å². The Morgan fingerprint density at radius 3 is 2.82 bits per heavy atom. The minimum absolute atomic E-state index is 0.0126. The number of anilines is 1. The average Bonchev–Trinajstić information content (AvgIpc) is 2.71. The van der Waals surface area contributed by atoms with E-state index in [0.29, 0.717) is 0 Å². The second-order valence-corrected chi connectivity index (χ2v) is 4.58. The summed E-state index contributed by atoms with van der Waals surface area (Å²) in [7, 11) is 1.85. The SMILES string of the molecule is CCc1cc(N2CCC(NC)C2=O)ccc1C. The van der Waals surface area contributed by atoms with Crippen molar-refractivity contribution in [3.05, 3.63) is 29.3 Å². The number of nitrogens with one attached hydrogen (secondary N) is 1. The van der Waals surface area contributed by atoms with Crippen LogP contribution in [-0.4, -0.2) is 25.5 Å². The highest BCUT2D eigenvalue weighted by Crippen LogP contribution is 2.24. The molecule has 0 aromatic heterocycles. The van der Waals surface area contributed by atoms with Crippen molar-refractivity contribution in [2.24, 2.45) is 0 Å². The number of hydrogen-bond acceptors (Lipinski definition) is 2. The first-order valence-corrected chi connectivity index (χ1v) is 6.25. The Morgan fingerprint density at radius 1 is 1.47 bits per heavy atom. The first-order valence-electron chi connectivity index (χ1n) is 6.25. The molecule has 3 nitrogen and oxygen atoms in total. The van der Waals surface area contributed by atoms with Crippen LogP contribution in [0.3, 0.4) is 0 Å². The van der Waals surface area contributed by atoms with Crippen LogP contribution in [0, 0.1) is 6.92 Å². The normalized spacial score (nSPS) is 20.1. The molecule has 0 aliphatic carbocycles. The zero-order valence-corrected chi connectivity index (χ0v) is 10.8. The highest BCUT2D eigenvalue weighted by atomic mass is 16.2. The first kappa shape index (κ1) is 12.1. The predicted molar refractivity (Wildman–Crippen MR) is 70.4 cm³/mol. The van der Waals surface area contributed by atoms with Crippen molar-refractivity contribution in [1.29, 1.82) is 0 Å². The fraction of sp³-hybridized carbons (Fsp3) is 0.500. The van der Waals surface area contributed by atoms with E-state index >= 15 is 0 Å². The van der Waals surface area contributed by atoms with Gasteiger partial charge in [-0.1, -0.05) is 13.0 Å². The Hall–Kier alpha value is -1.35. The molecule has 0 saturated carbocycles. The van der Waals surface area contributed by atoms with Gasteiger partial charge in [-0.15, -0.1) is 0 Å². The minimum Gasteiger partial charge on any atom is -0.311 e. The molecule has 1 N–H and O–H groups in total. The van der Waals surface area contributed by atoms with Crippen LogP contribution in [0.1, 0.15) is 24.5 Å². The molecule has 1 saturated heterocycles. The molecule has 17 heavy (non-hydrogen) atoms. The van der Waals surface area contributed by atoms with Crippen LogP contribution >= 0.6 is 0 Å². The Labute approximate surface area is 103 Å². The van der Waals surface area contributed by atoms with Crippen molar-refractivity contribution in [2.45, 2.75) is 32.7 Å². The second-order valence-electron chi connectivity index (χ2n) is 4.58. The molecule has 1 amide bonds. The average molecular weight is 232 g/mol. The van der Waals surface area contributed by atoms with E-state index in [1.165, 1.54) is 11.1 Å². The maximum Gasteiger partial charge on any atom is 0.244 e. The smallest absolute Gasteiger partial charge is 0.244 e. The van der Waals surface area contributed by atoms with Gasteiger partial charge in [-0.3, -0.25) is 4.79 Å². The van der Waals surface area contributed by atoms with Crippen LogP contribution in [0.4, 0.5) is 5.69 Å². The maximum atomic E-state index is 12.1. The highest BCUT2D eigenvalue weighted by Gasteiger charge is 2.31. The molecule has 0 bridgehead atoms. The molecule has 1 aromatic carbocycles. The summed E-state index contributed by atoms with van der Waals surface area (Å²) in [5.41, 5.74) is 3.66.